The number of carbonyl (C=O) groups excluding carboxylic acids is 1. The van der Waals surface area contributed by atoms with E-state index in [1.165, 1.54) is 21.1 Å². The van der Waals surface area contributed by atoms with E-state index < -0.39 is 18.0 Å². The lowest BCUT2D eigenvalue weighted by Crippen LogP contribution is -2.42. The number of rotatable bonds is 4. The van der Waals surface area contributed by atoms with E-state index in [9.17, 15) is 9.59 Å². The molecule has 1 atom stereocenters. The summed E-state index contributed by atoms with van der Waals surface area (Å²) in [6.45, 7) is 1.41. The lowest BCUT2D eigenvalue weighted by Gasteiger charge is -2.22. The number of hydrogen-bond acceptors (Lipinski definition) is 3. The van der Waals surface area contributed by atoms with Crippen LogP contribution in [0, 0.1) is 0 Å². The van der Waals surface area contributed by atoms with Crippen LogP contribution < -0.4 is 10.1 Å². The Labute approximate surface area is 115 Å². The molecule has 6 nitrogen and oxygen atoms in total. The van der Waals surface area contributed by atoms with Crippen LogP contribution in [0.4, 0.5) is 10.5 Å². The van der Waals surface area contributed by atoms with Crippen LogP contribution >= 0.6 is 11.6 Å². The first-order chi connectivity index (χ1) is 8.86. The molecule has 0 radical (unpaired) electrons. The van der Waals surface area contributed by atoms with Gasteiger partial charge in [-0.3, -0.25) is 0 Å². The van der Waals surface area contributed by atoms with Crippen LogP contribution in [0.2, 0.25) is 5.02 Å². The minimum Gasteiger partial charge on any atom is -0.497 e. The smallest absolute Gasteiger partial charge is 0.326 e. The van der Waals surface area contributed by atoms with Crippen LogP contribution in [-0.2, 0) is 4.79 Å². The Morgan fingerprint density at radius 2 is 2.11 bits per heavy atom. The summed E-state index contributed by atoms with van der Waals surface area (Å²) in [6.07, 6.45) is 0. The molecule has 0 aliphatic carbocycles. The molecule has 1 aromatic carbocycles. The molecule has 1 rings (SSSR count). The van der Waals surface area contributed by atoms with Crippen molar-refractivity contribution in [3.8, 4) is 5.75 Å². The number of likely N-dealkylation sites (N-methyl/N-ethyl adjacent to an activating group) is 1. The van der Waals surface area contributed by atoms with Gasteiger partial charge in [-0.05, 0) is 19.1 Å². The van der Waals surface area contributed by atoms with Gasteiger partial charge in [0.15, 0.2) is 0 Å². The molecule has 1 unspecified atom stereocenters. The zero-order chi connectivity index (χ0) is 14.6. The molecule has 0 aliphatic heterocycles. The van der Waals surface area contributed by atoms with Gasteiger partial charge in [-0.15, -0.1) is 0 Å². The summed E-state index contributed by atoms with van der Waals surface area (Å²) in [6, 6.07) is 3.28. The third-order valence-corrected chi connectivity index (χ3v) is 3.00. The number of ether oxygens (including phenoxy) is 1. The number of carbonyl (C=O) groups is 2. The molecular formula is C12H15ClN2O4. The lowest BCUT2D eigenvalue weighted by atomic mass is 10.3. The van der Waals surface area contributed by atoms with Gasteiger partial charge < -0.3 is 20.1 Å². The number of carboxylic acids is 1. The maximum atomic E-state index is 11.9. The van der Waals surface area contributed by atoms with Crippen LogP contribution in [0.1, 0.15) is 6.92 Å². The lowest BCUT2D eigenvalue weighted by molar-refractivity contribution is -0.141. The summed E-state index contributed by atoms with van der Waals surface area (Å²) < 4.78 is 5.02. The summed E-state index contributed by atoms with van der Waals surface area (Å²) in [7, 11) is 2.88. The first-order valence-electron chi connectivity index (χ1n) is 5.47. The van der Waals surface area contributed by atoms with Crippen molar-refractivity contribution >= 4 is 29.3 Å². The Balaban J connectivity index is 2.84. The number of nitrogens with one attached hydrogen (secondary N) is 1. The third-order valence-electron chi connectivity index (χ3n) is 2.67. The molecule has 0 saturated carbocycles. The van der Waals surface area contributed by atoms with Crippen molar-refractivity contribution in [2.45, 2.75) is 13.0 Å². The predicted octanol–water partition coefficient (Wildman–Crippen LogP) is 2.29. The molecule has 0 heterocycles. The number of hydrogen-bond donors (Lipinski definition) is 2. The number of halogens is 1. The molecule has 0 bridgehead atoms. The molecule has 0 saturated heterocycles. The number of urea groups is 1. The van der Waals surface area contributed by atoms with E-state index >= 15 is 0 Å². The van der Waals surface area contributed by atoms with E-state index in [1.54, 1.807) is 18.2 Å². The molecule has 2 amide bonds. The topological polar surface area (TPSA) is 78.9 Å². The maximum Gasteiger partial charge on any atom is 0.326 e. The molecule has 7 heteroatoms. The zero-order valence-corrected chi connectivity index (χ0v) is 11.6. The average molecular weight is 287 g/mol. The van der Waals surface area contributed by atoms with Crippen molar-refractivity contribution in [3.05, 3.63) is 23.2 Å². The number of anilines is 1. The molecule has 104 valence electrons. The maximum absolute atomic E-state index is 11.9. The van der Waals surface area contributed by atoms with Crippen LogP contribution in [0.3, 0.4) is 0 Å². The second-order valence-electron chi connectivity index (χ2n) is 3.90. The van der Waals surface area contributed by atoms with E-state index in [1.807, 2.05) is 0 Å². The fourth-order valence-corrected chi connectivity index (χ4v) is 1.44. The highest BCUT2D eigenvalue weighted by molar-refractivity contribution is 6.33. The summed E-state index contributed by atoms with van der Waals surface area (Å²) in [5.74, 6) is -0.553. The fraction of sp³-hybridized carbons (Fsp3) is 0.333. The molecule has 0 spiro atoms. The third kappa shape index (κ3) is 3.75. The zero-order valence-electron chi connectivity index (χ0n) is 10.8. The number of amides is 2. The number of nitrogens with zero attached hydrogens (tertiary/aromatic N) is 1. The van der Waals surface area contributed by atoms with Crippen LogP contribution in [-0.4, -0.2) is 42.2 Å². The van der Waals surface area contributed by atoms with E-state index in [-0.39, 0.29) is 0 Å². The molecule has 1 aromatic rings. The van der Waals surface area contributed by atoms with Crippen molar-refractivity contribution in [1.82, 2.24) is 4.90 Å². The average Bonchev–Trinajstić information content (AvgIpc) is 2.39. The van der Waals surface area contributed by atoms with E-state index in [0.29, 0.717) is 16.5 Å². The van der Waals surface area contributed by atoms with Gasteiger partial charge in [0.05, 0.1) is 17.8 Å². The Morgan fingerprint density at radius 3 is 2.63 bits per heavy atom. The number of benzene rings is 1. The highest BCUT2D eigenvalue weighted by Crippen LogP contribution is 2.26. The fourth-order valence-electron chi connectivity index (χ4n) is 1.27. The van der Waals surface area contributed by atoms with Crippen molar-refractivity contribution in [3.63, 3.8) is 0 Å². The Hall–Kier alpha value is -1.95. The van der Waals surface area contributed by atoms with Gasteiger partial charge in [-0.1, -0.05) is 11.6 Å². The van der Waals surface area contributed by atoms with Gasteiger partial charge in [0.2, 0.25) is 0 Å². The van der Waals surface area contributed by atoms with E-state index in [0.717, 1.165) is 4.90 Å². The summed E-state index contributed by atoms with van der Waals surface area (Å²) in [4.78, 5) is 23.7. The molecule has 0 aromatic heterocycles. The summed E-state index contributed by atoms with van der Waals surface area (Å²) in [5, 5.41) is 11.7. The molecule has 0 fully saturated rings. The van der Waals surface area contributed by atoms with Gasteiger partial charge >= 0.3 is 12.0 Å². The van der Waals surface area contributed by atoms with Gasteiger partial charge in [0.1, 0.15) is 11.8 Å². The first kappa shape index (κ1) is 15.1. The monoisotopic (exact) mass is 286 g/mol. The summed E-state index contributed by atoms with van der Waals surface area (Å²) in [5.41, 5.74) is 0.357. The highest BCUT2D eigenvalue weighted by atomic mass is 35.5. The van der Waals surface area contributed by atoms with Crippen molar-refractivity contribution < 1.29 is 19.4 Å². The molecule has 0 aliphatic rings. The van der Waals surface area contributed by atoms with Gasteiger partial charge in [-0.2, -0.15) is 0 Å². The van der Waals surface area contributed by atoms with Crippen molar-refractivity contribution in [1.29, 1.82) is 0 Å². The van der Waals surface area contributed by atoms with Gasteiger partial charge in [0, 0.05) is 13.1 Å². The largest absolute Gasteiger partial charge is 0.497 e. The Morgan fingerprint density at radius 1 is 1.47 bits per heavy atom. The number of carboxylic acid groups (broad SMARTS) is 1. The number of methoxy groups -OCH3 is 1. The van der Waals surface area contributed by atoms with Gasteiger partial charge in [0.25, 0.3) is 0 Å². The summed E-state index contributed by atoms with van der Waals surface area (Å²) >= 11 is 5.94. The van der Waals surface area contributed by atoms with Crippen LogP contribution in [0.25, 0.3) is 0 Å². The van der Waals surface area contributed by atoms with Crippen molar-refractivity contribution in [2.24, 2.45) is 0 Å². The minimum atomic E-state index is -1.09. The Kier molecular flexibility index (Phi) is 5.00. The second-order valence-corrected chi connectivity index (χ2v) is 4.31. The van der Waals surface area contributed by atoms with Crippen molar-refractivity contribution in [2.75, 3.05) is 19.5 Å². The van der Waals surface area contributed by atoms with E-state index in [2.05, 4.69) is 5.32 Å². The predicted molar refractivity (Wildman–Crippen MR) is 71.9 cm³/mol. The molecule has 2 N–H and O–H groups in total. The van der Waals surface area contributed by atoms with Crippen LogP contribution in [0.5, 0.6) is 5.75 Å². The highest BCUT2D eigenvalue weighted by Gasteiger charge is 2.22. The Bertz CT molecular complexity index is 493. The normalized spacial score (nSPS) is 11.6. The van der Waals surface area contributed by atoms with Gasteiger partial charge in [-0.25, -0.2) is 9.59 Å². The SMILES string of the molecule is COc1ccc(Cl)c(NC(=O)N(C)C(C)C(=O)O)c1. The standard InChI is InChI=1S/C12H15ClN2O4/c1-7(11(16)17)15(2)12(18)14-10-6-8(19-3)4-5-9(10)13/h4-7H,1-3H3,(H,14,18)(H,16,17). The number of aliphatic carboxylic acids is 1. The van der Waals surface area contributed by atoms with Crippen LogP contribution in [0.15, 0.2) is 18.2 Å². The minimum absolute atomic E-state index is 0.338. The second kappa shape index (κ2) is 6.29. The van der Waals surface area contributed by atoms with E-state index in [4.69, 9.17) is 21.4 Å². The quantitative estimate of drug-likeness (QED) is 0.890. The first-order valence-corrected chi connectivity index (χ1v) is 5.84. The molecular weight excluding hydrogens is 272 g/mol. The molecule has 19 heavy (non-hydrogen) atoms.